The number of piperidine rings is 1. The Labute approximate surface area is 136 Å². The number of hydrogen-bond acceptors (Lipinski definition) is 7. The largest absolute Gasteiger partial charge is 0.402 e. The Kier molecular flexibility index (Phi) is 5.10. The van der Waals surface area contributed by atoms with Crippen molar-refractivity contribution in [1.82, 2.24) is 20.3 Å². The lowest BCUT2D eigenvalue weighted by Gasteiger charge is -2.33. The van der Waals surface area contributed by atoms with Crippen molar-refractivity contribution in [2.24, 2.45) is 0 Å². The summed E-state index contributed by atoms with van der Waals surface area (Å²) in [5, 5.41) is 5.11. The molecular weight excluding hydrogens is 329 g/mol. The van der Waals surface area contributed by atoms with Crippen LogP contribution in [0.15, 0.2) is 6.33 Å². The zero-order chi connectivity index (χ0) is 16.3. The van der Waals surface area contributed by atoms with E-state index in [4.69, 9.17) is 0 Å². The Morgan fingerprint density at radius 1 is 1.35 bits per heavy atom. The first kappa shape index (κ1) is 16.6. The summed E-state index contributed by atoms with van der Waals surface area (Å²) >= 11 is 0.939. The second-order valence-corrected chi connectivity index (χ2v) is 6.95. The van der Waals surface area contributed by atoms with E-state index in [9.17, 15) is 13.2 Å². The Balaban J connectivity index is 1.66. The molecule has 2 aliphatic rings. The van der Waals surface area contributed by atoms with Crippen LogP contribution in [0.4, 0.5) is 25.1 Å². The van der Waals surface area contributed by atoms with E-state index in [-0.39, 0.29) is 12.6 Å². The van der Waals surface area contributed by atoms with Gasteiger partial charge in [-0.05, 0) is 19.4 Å². The second-order valence-electron chi connectivity index (χ2n) is 5.64. The zero-order valence-corrected chi connectivity index (χ0v) is 13.3. The molecule has 0 radical (unpaired) electrons. The number of halogens is 3. The molecule has 10 heteroatoms. The summed E-state index contributed by atoms with van der Waals surface area (Å²) in [4.78, 5) is 14.0. The molecule has 23 heavy (non-hydrogen) atoms. The molecule has 2 N–H and O–H groups in total. The minimum Gasteiger partial charge on any atom is -0.350 e. The lowest BCUT2D eigenvalue weighted by Crippen LogP contribution is -2.45. The predicted molar refractivity (Wildman–Crippen MR) is 83.9 cm³/mol. The zero-order valence-electron chi connectivity index (χ0n) is 12.5. The highest BCUT2D eigenvalue weighted by Crippen LogP contribution is 2.34. The van der Waals surface area contributed by atoms with E-state index in [1.165, 1.54) is 6.33 Å². The third kappa shape index (κ3) is 4.37. The maximum atomic E-state index is 12.9. The van der Waals surface area contributed by atoms with Crippen LogP contribution in [0.1, 0.15) is 12.8 Å². The highest BCUT2D eigenvalue weighted by Gasteiger charge is 2.43. The first-order valence-electron chi connectivity index (χ1n) is 7.62. The standard InChI is InChI=1S/C13H19F3N6S/c14-13(15,16)10-7-22(4-5-23-10)12-19-8-18-11(21-12)20-9-2-1-3-17-6-9/h8-10,17H,1-7H2,(H,18,19,20,21). The Bertz CT molecular complexity index is 523. The lowest BCUT2D eigenvalue weighted by atomic mass is 10.1. The highest BCUT2D eigenvalue weighted by molar-refractivity contribution is 8.00. The third-order valence-corrected chi connectivity index (χ3v) is 5.14. The molecule has 0 amide bonds. The van der Waals surface area contributed by atoms with Crippen LogP contribution in [-0.4, -0.2) is 64.4 Å². The average molecular weight is 348 g/mol. The molecule has 1 aromatic heterocycles. The molecule has 6 nitrogen and oxygen atoms in total. The molecule has 3 rings (SSSR count). The Hall–Kier alpha value is -1.29. The highest BCUT2D eigenvalue weighted by atomic mass is 32.2. The summed E-state index contributed by atoms with van der Waals surface area (Å²) in [5.74, 6) is 1.14. The molecule has 0 saturated carbocycles. The maximum absolute atomic E-state index is 12.9. The first-order chi connectivity index (χ1) is 11.0. The molecule has 0 bridgehead atoms. The fraction of sp³-hybridized carbons (Fsp3) is 0.769. The normalized spacial score (nSPS) is 26.1. The van der Waals surface area contributed by atoms with Crippen LogP contribution in [0.25, 0.3) is 0 Å². The molecule has 2 fully saturated rings. The number of nitrogens with one attached hydrogen (secondary N) is 2. The molecule has 2 unspecified atom stereocenters. The van der Waals surface area contributed by atoms with Gasteiger partial charge in [0.05, 0.1) is 0 Å². The molecular formula is C13H19F3N6S. The van der Waals surface area contributed by atoms with Crippen molar-refractivity contribution >= 4 is 23.7 Å². The number of alkyl halides is 3. The van der Waals surface area contributed by atoms with Gasteiger partial charge in [0.15, 0.2) is 0 Å². The van der Waals surface area contributed by atoms with Gasteiger partial charge in [-0.1, -0.05) is 0 Å². The number of nitrogens with zero attached hydrogens (tertiary/aromatic N) is 4. The van der Waals surface area contributed by atoms with Crippen molar-refractivity contribution in [2.45, 2.75) is 30.3 Å². The summed E-state index contributed by atoms with van der Waals surface area (Å²) in [6, 6.07) is 0.235. The number of rotatable bonds is 3. The summed E-state index contributed by atoms with van der Waals surface area (Å²) in [5.41, 5.74) is 0. The summed E-state index contributed by atoms with van der Waals surface area (Å²) in [6.07, 6.45) is -0.757. The second kappa shape index (κ2) is 7.08. The van der Waals surface area contributed by atoms with Crippen LogP contribution in [0.2, 0.25) is 0 Å². The van der Waals surface area contributed by atoms with Gasteiger partial charge in [-0.25, -0.2) is 9.97 Å². The van der Waals surface area contributed by atoms with Crippen LogP contribution in [0.3, 0.4) is 0 Å². The van der Waals surface area contributed by atoms with Gasteiger partial charge in [0.1, 0.15) is 11.6 Å². The predicted octanol–water partition coefficient (Wildman–Crippen LogP) is 1.52. The van der Waals surface area contributed by atoms with Crippen molar-refractivity contribution < 1.29 is 13.2 Å². The molecule has 1 aromatic rings. The van der Waals surface area contributed by atoms with Crippen LogP contribution in [0, 0.1) is 0 Å². The van der Waals surface area contributed by atoms with E-state index in [1.54, 1.807) is 4.90 Å². The van der Waals surface area contributed by atoms with Gasteiger partial charge >= 0.3 is 6.18 Å². The average Bonchev–Trinajstić information content (AvgIpc) is 2.55. The molecule has 2 atom stereocenters. The van der Waals surface area contributed by atoms with Crippen molar-refractivity contribution in [3.63, 3.8) is 0 Å². The van der Waals surface area contributed by atoms with Crippen molar-refractivity contribution in [2.75, 3.05) is 42.1 Å². The molecule has 0 aromatic carbocycles. The molecule has 2 saturated heterocycles. The summed E-state index contributed by atoms with van der Waals surface area (Å²) in [6.45, 7) is 2.22. The summed E-state index contributed by atoms with van der Waals surface area (Å²) in [7, 11) is 0. The molecule has 3 heterocycles. The minimum atomic E-state index is -4.20. The fourth-order valence-electron chi connectivity index (χ4n) is 2.70. The topological polar surface area (TPSA) is 66.0 Å². The first-order valence-corrected chi connectivity index (χ1v) is 8.67. The van der Waals surface area contributed by atoms with Gasteiger partial charge in [0.25, 0.3) is 0 Å². The van der Waals surface area contributed by atoms with E-state index < -0.39 is 11.4 Å². The van der Waals surface area contributed by atoms with Crippen LogP contribution >= 0.6 is 11.8 Å². The van der Waals surface area contributed by atoms with Crippen LogP contribution < -0.4 is 15.5 Å². The van der Waals surface area contributed by atoms with Crippen LogP contribution in [-0.2, 0) is 0 Å². The van der Waals surface area contributed by atoms with Gasteiger partial charge in [0.2, 0.25) is 11.9 Å². The van der Waals surface area contributed by atoms with Gasteiger partial charge in [-0.3, -0.25) is 0 Å². The fourth-order valence-corrected chi connectivity index (χ4v) is 3.78. The van der Waals surface area contributed by atoms with Crippen molar-refractivity contribution in [3.8, 4) is 0 Å². The molecule has 2 aliphatic heterocycles. The number of aromatic nitrogens is 3. The lowest BCUT2D eigenvalue weighted by molar-refractivity contribution is -0.127. The monoisotopic (exact) mass is 348 g/mol. The minimum absolute atomic E-state index is 0.122. The van der Waals surface area contributed by atoms with E-state index in [1.807, 2.05) is 0 Å². The Morgan fingerprint density at radius 3 is 2.96 bits per heavy atom. The maximum Gasteiger partial charge on any atom is 0.402 e. The van der Waals surface area contributed by atoms with Gasteiger partial charge in [0, 0.05) is 31.4 Å². The van der Waals surface area contributed by atoms with Crippen LogP contribution in [0.5, 0.6) is 0 Å². The number of thioether (sulfide) groups is 1. The van der Waals surface area contributed by atoms with Gasteiger partial charge in [-0.2, -0.15) is 18.2 Å². The molecule has 0 spiro atoms. The van der Waals surface area contributed by atoms with E-state index in [2.05, 4.69) is 25.6 Å². The number of hydrogen-bond donors (Lipinski definition) is 2. The molecule has 128 valence electrons. The number of anilines is 2. The van der Waals surface area contributed by atoms with Crippen molar-refractivity contribution in [1.29, 1.82) is 0 Å². The van der Waals surface area contributed by atoms with Gasteiger partial charge in [-0.15, -0.1) is 11.8 Å². The van der Waals surface area contributed by atoms with Crippen molar-refractivity contribution in [3.05, 3.63) is 6.33 Å². The molecule has 0 aliphatic carbocycles. The van der Waals surface area contributed by atoms with E-state index in [0.29, 0.717) is 24.2 Å². The van der Waals surface area contributed by atoms with E-state index >= 15 is 0 Å². The smallest absolute Gasteiger partial charge is 0.350 e. The van der Waals surface area contributed by atoms with Gasteiger partial charge < -0.3 is 15.5 Å². The quantitative estimate of drug-likeness (QED) is 0.858. The third-order valence-electron chi connectivity index (χ3n) is 3.90. The SMILES string of the molecule is FC(F)(F)C1CN(c2ncnc(NC3CCCNC3)n2)CCS1. The Morgan fingerprint density at radius 2 is 2.22 bits per heavy atom. The summed E-state index contributed by atoms with van der Waals surface area (Å²) < 4.78 is 38.7. The van der Waals surface area contributed by atoms with E-state index in [0.717, 1.165) is 37.7 Å².